The highest BCUT2D eigenvalue weighted by Crippen LogP contribution is 2.22. The van der Waals surface area contributed by atoms with Crippen LogP contribution >= 0.6 is 11.6 Å². The number of imide groups is 1. The van der Waals surface area contributed by atoms with E-state index in [1.165, 1.54) is 19.1 Å². The molecule has 0 aliphatic heterocycles. The number of carbonyl (C=O) groups excluding carboxylic acids is 2. The zero-order valence-electron chi connectivity index (χ0n) is 13.3. The quantitative estimate of drug-likeness (QED) is 0.649. The van der Waals surface area contributed by atoms with Gasteiger partial charge in [0, 0.05) is 16.2 Å². The molecule has 128 valence electrons. The van der Waals surface area contributed by atoms with Crippen LogP contribution in [0, 0.1) is 11.6 Å². The van der Waals surface area contributed by atoms with Crippen LogP contribution in [-0.2, 0) is 9.59 Å². The molecule has 0 spiro atoms. The van der Waals surface area contributed by atoms with E-state index >= 15 is 0 Å². The van der Waals surface area contributed by atoms with E-state index in [0.29, 0.717) is 10.6 Å². The third-order valence-electron chi connectivity index (χ3n) is 3.27. The van der Waals surface area contributed by atoms with Gasteiger partial charge in [0.2, 0.25) is 0 Å². The molecule has 0 saturated heterocycles. The molecule has 0 bridgehead atoms. The summed E-state index contributed by atoms with van der Waals surface area (Å²) >= 11 is 5.82. The lowest BCUT2D eigenvalue weighted by molar-refractivity contribution is -0.125. The monoisotopic (exact) mass is 361 g/mol. The topological polar surface area (TPSA) is 46.2 Å². The van der Waals surface area contributed by atoms with E-state index in [1.54, 1.807) is 24.3 Å². The van der Waals surface area contributed by atoms with Crippen molar-refractivity contribution in [3.63, 3.8) is 0 Å². The van der Waals surface area contributed by atoms with Gasteiger partial charge in [-0.1, -0.05) is 36.4 Å². The summed E-state index contributed by atoms with van der Waals surface area (Å²) in [5, 5.41) is 2.66. The van der Waals surface area contributed by atoms with Crippen LogP contribution in [0.4, 0.5) is 8.78 Å². The third kappa shape index (κ3) is 4.84. The first-order valence-corrected chi connectivity index (χ1v) is 7.59. The van der Waals surface area contributed by atoms with Crippen molar-refractivity contribution < 1.29 is 18.4 Å². The van der Waals surface area contributed by atoms with Crippen molar-refractivity contribution in [2.24, 2.45) is 0 Å². The summed E-state index contributed by atoms with van der Waals surface area (Å²) in [5.74, 6) is -3.55. The number of hydrogen-bond acceptors (Lipinski definition) is 2. The number of rotatable bonds is 4. The SMILES string of the molecule is C=C(C)C(=O)NC(=O)/C(=C/c1ccc(Cl)cc1)c1ccc(F)c(F)c1. The molecule has 0 unspecified atom stereocenters. The van der Waals surface area contributed by atoms with Gasteiger partial charge in [0.25, 0.3) is 11.8 Å². The molecule has 0 heterocycles. The minimum atomic E-state index is -1.10. The van der Waals surface area contributed by atoms with Crippen molar-refractivity contribution in [1.82, 2.24) is 5.32 Å². The van der Waals surface area contributed by atoms with E-state index in [0.717, 1.165) is 12.1 Å². The molecule has 2 amide bonds. The fourth-order valence-corrected chi connectivity index (χ4v) is 2.07. The van der Waals surface area contributed by atoms with Crippen molar-refractivity contribution >= 4 is 35.1 Å². The molecule has 0 aromatic heterocycles. The van der Waals surface area contributed by atoms with Crippen LogP contribution in [0.2, 0.25) is 5.02 Å². The minimum absolute atomic E-state index is 0.00387. The largest absolute Gasteiger partial charge is 0.288 e. The number of nitrogens with one attached hydrogen (secondary N) is 1. The zero-order chi connectivity index (χ0) is 18.6. The molecule has 0 aliphatic rings. The van der Waals surface area contributed by atoms with Crippen molar-refractivity contribution in [3.8, 4) is 0 Å². The minimum Gasteiger partial charge on any atom is -0.288 e. The third-order valence-corrected chi connectivity index (χ3v) is 3.52. The summed E-state index contributed by atoms with van der Waals surface area (Å²) in [4.78, 5) is 24.1. The Hall–Kier alpha value is -2.79. The Morgan fingerprint density at radius 3 is 2.24 bits per heavy atom. The molecule has 0 saturated carbocycles. The summed E-state index contributed by atoms with van der Waals surface area (Å²) < 4.78 is 26.7. The Kier molecular flexibility index (Phi) is 5.83. The molecular formula is C19H14ClF2NO2. The number of halogens is 3. The maximum absolute atomic E-state index is 13.6. The predicted molar refractivity (Wildman–Crippen MR) is 93.6 cm³/mol. The second-order valence-corrected chi connectivity index (χ2v) is 5.74. The number of hydrogen-bond donors (Lipinski definition) is 1. The van der Waals surface area contributed by atoms with Crippen molar-refractivity contribution in [2.45, 2.75) is 6.92 Å². The van der Waals surface area contributed by atoms with Gasteiger partial charge in [0.1, 0.15) is 0 Å². The Bertz CT molecular complexity index is 873. The Morgan fingerprint density at radius 1 is 1.04 bits per heavy atom. The molecule has 2 aromatic rings. The maximum atomic E-state index is 13.6. The molecule has 0 radical (unpaired) electrons. The molecule has 0 atom stereocenters. The second-order valence-electron chi connectivity index (χ2n) is 5.30. The Labute approximate surface area is 148 Å². The van der Waals surface area contributed by atoms with E-state index in [1.807, 2.05) is 0 Å². The lowest BCUT2D eigenvalue weighted by Crippen LogP contribution is -2.31. The molecule has 25 heavy (non-hydrogen) atoms. The molecule has 0 aliphatic carbocycles. The maximum Gasteiger partial charge on any atom is 0.258 e. The van der Waals surface area contributed by atoms with Crippen LogP contribution < -0.4 is 5.32 Å². The fraction of sp³-hybridized carbons (Fsp3) is 0.0526. The Morgan fingerprint density at radius 2 is 1.68 bits per heavy atom. The van der Waals surface area contributed by atoms with Crippen LogP contribution in [0.1, 0.15) is 18.1 Å². The van der Waals surface area contributed by atoms with E-state index in [-0.39, 0.29) is 16.7 Å². The summed E-state index contributed by atoms with van der Waals surface area (Å²) in [6.07, 6.45) is 1.45. The predicted octanol–water partition coefficient (Wildman–Crippen LogP) is 4.38. The van der Waals surface area contributed by atoms with E-state index in [2.05, 4.69) is 11.9 Å². The lowest BCUT2D eigenvalue weighted by Gasteiger charge is -2.09. The van der Waals surface area contributed by atoms with Gasteiger partial charge in [-0.15, -0.1) is 0 Å². The van der Waals surface area contributed by atoms with Gasteiger partial charge in [-0.05, 0) is 48.4 Å². The van der Waals surface area contributed by atoms with E-state index in [4.69, 9.17) is 11.6 Å². The molecule has 3 nitrogen and oxygen atoms in total. The summed E-state index contributed by atoms with van der Waals surface area (Å²) in [7, 11) is 0. The van der Waals surface area contributed by atoms with Crippen LogP contribution in [0.15, 0.2) is 54.6 Å². The zero-order valence-corrected chi connectivity index (χ0v) is 14.0. The fourth-order valence-electron chi connectivity index (χ4n) is 1.95. The average Bonchev–Trinajstić information content (AvgIpc) is 2.56. The summed E-state index contributed by atoms with van der Waals surface area (Å²) in [6, 6.07) is 9.59. The van der Waals surface area contributed by atoms with E-state index < -0.39 is 23.4 Å². The van der Waals surface area contributed by atoms with Crippen LogP contribution in [0.5, 0.6) is 0 Å². The first-order valence-electron chi connectivity index (χ1n) is 7.22. The van der Waals surface area contributed by atoms with Gasteiger partial charge in [-0.3, -0.25) is 14.9 Å². The van der Waals surface area contributed by atoms with Gasteiger partial charge in [0.15, 0.2) is 11.6 Å². The van der Waals surface area contributed by atoms with Gasteiger partial charge in [-0.25, -0.2) is 8.78 Å². The van der Waals surface area contributed by atoms with E-state index in [9.17, 15) is 18.4 Å². The van der Waals surface area contributed by atoms with Crippen molar-refractivity contribution in [1.29, 1.82) is 0 Å². The smallest absolute Gasteiger partial charge is 0.258 e. The standard InChI is InChI=1S/C19H14ClF2NO2/c1-11(2)18(24)23-19(25)15(9-12-3-6-14(20)7-4-12)13-5-8-16(21)17(22)10-13/h3-10H,1H2,2H3,(H,23,24,25)/b15-9+. The Balaban J connectivity index is 2.48. The van der Waals surface area contributed by atoms with Gasteiger partial charge < -0.3 is 0 Å². The summed E-state index contributed by atoms with van der Waals surface area (Å²) in [5.41, 5.74) is 0.864. The number of amides is 2. The molecule has 6 heteroatoms. The molecule has 2 aromatic carbocycles. The first-order chi connectivity index (χ1) is 11.8. The molecular weight excluding hydrogens is 348 g/mol. The van der Waals surface area contributed by atoms with Crippen LogP contribution in [0.3, 0.4) is 0 Å². The van der Waals surface area contributed by atoms with Crippen LogP contribution in [-0.4, -0.2) is 11.8 Å². The number of benzene rings is 2. The molecule has 2 rings (SSSR count). The number of carbonyl (C=O) groups is 2. The highest BCUT2D eigenvalue weighted by Gasteiger charge is 2.17. The lowest BCUT2D eigenvalue weighted by atomic mass is 10.0. The highest BCUT2D eigenvalue weighted by atomic mass is 35.5. The summed E-state index contributed by atoms with van der Waals surface area (Å²) in [6.45, 7) is 4.90. The molecule has 1 N–H and O–H groups in total. The second kappa shape index (κ2) is 7.85. The van der Waals surface area contributed by atoms with Crippen LogP contribution in [0.25, 0.3) is 11.6 Å². The first kappa shape index (κ1) is 18.5. The van der Waals surface area contributed by atoms with Gasteiger partial charge in [0.05, 0.1) is 0 Å². The normalized spacial score (nSPS) is 11.1. The van der Waals surface area contributed by atoms with Gasteiger partial charge >= 0.3 is 0 Å². The van der Waals surface area contributed by atoms with Gasteiger partial charge in [-0.2, -0.15) is 0 Å². The highest BCUT2D eigenvalue weighted by molar-refractivity contribution is 6.31. The average molecular weight is 362 g/mol. The van der Waals surface area contributed by atoms with Crippen molar-refractivity contribution in [3.05, 3.63) is 82.4 Å². The molecule has 0 fully saturated rings. The van der Waals surface area contributed by atoms with Crippen molar-refractivity contribution in [2.75, 3.05) is 0 Å².